The highest BCUT2D eigenvalue weighted by molar-refractivity contribution is 6.04. The van der Waals surface area contributed by atoms with Crippen molar-refractivity contribution in [3.05, 3.63) is 188 Å². The highest BCUT2D eigenvalue weighted by atomic mass is 16.5. The SMILES string of the molecule is c1cc2nc(c1)-c1ccc(nc1)OCCOc1ccc(cc1)OCCOc1ccc(cc1)-c1ccc3ccc4ccc(nc4c3n1)-c1ccc(cc1)OCCOc1ccc(cc1)OCCCCCCOc1ccc-2cn1. The summed E-state index contributed by atoms with van der Waals surface area (Å²) in [7, 11) is 0. The molecule has 0 radical (unpaired) electrons. The van der Waals surface area contributed by atoms with Gasteiger partial charge in [-0.15, -0.1) is 0 Å². The van der Waals surface area contributed by atoms with Crippen LogP contribution in [0.5, 0.6) is 46.3 Å². The molecule has 18 bridgehead atoms. The molecular weight excluding hydrogens is 955 g/mol. The van der Waals surface area contributed by atoms with Gasteiger partial charge in [-0.1, -0.05) is 30.3 Å². The standard InChI is InChI=1S/C63H55N5O8/c1-2-4-35-75-60-32-16-48(42-64-60)56-6-5-7-57(66-56)49-17-33-61(65-43-49)76-41-40-74-55-28-26-54(27-29-55)73-39-37-71-51-20-12-45(13-21-51)59-31-15-47-9-8-46-14-30-58(67-62(46)63(47)68-59)44-10-18-50(19-11-44)70-36-38-72-53-24-22-52(23-25-53)69-34-3-1/h5-33,42-43H,1-4,34-41H2. The van der Waals surface area contributed by atoms with Crippen molar-refractivity contribution < 1.29 is 37.9 Å². The average Bonchev–Trinajstić information content (AvgIpc) is 3.48. The maximum Gasteiger partial charge on any atom is 0.213 e. The quantitative estimate of drug-likeness (QED) is 0.133. The normalized spacial score (nSPS) is 14.0. The number of aromatic nitrogens is 5. The van der Waals surface area contributed by atoms with Gasteiger partial charge in [-0.2, -0.15) is 0 Å². The molecule has 5 aromatic carbocycles. The number of pyridine rings is 5. The average molecular weight is 1010 g/mol. The molecule has 0 spiro atoms. The van der Waals surface area contributed by atoms with Crippen molar-refractivity contribution in [1.29, 1.82) is 0 Å². The van der Waals surface area contributed by atoms with E-state index in [9.17, 15) is 0 Å². The van der Waals surface area contributed by atoms with Gasteiger partial charge in [-0.25, -0.2) is 24.9 Å². The summed E-state index contributed by atoms with van der Waals surface area (Å²) in [4.78, 5) is 24.2. The van der Waals surface area contributed by atoms with Crippen LogP contribution >= 0.6 is 0 Å². The van der Waals surface area contributed by atoms with E-state index in [0.717, 1.165) is 116 Å². The minimum absolute atomic E-state index is 0.326. The van der Waals surface area contributed by atoms with Gasteiger partial charge in [-0.3, -0.25) is 0 Å². The van der Waals surface area contributed by atoms with E-state index in [1.54, 1.807) is 12.4 Å². The number of ether oxygens (including phenoxy) is 8. The van der Waals surface area contributed by atoms with Gasteiger partial charge in [0, 0.05) is 57.6 Å². The highest BCUT2D eigenvalue weighted by Gasteiger charge is 2.12. The summed E-state index contributed by atoms with van der Waals surface area (Å²) < 4.78 is 47.7. The smallest absolute Gasteiger partial charge is 0.213 e. The molecule has 0 aliphatic carbocycles. The lowest BCUT2D eigenvalue weighted by molar-refractivity contribution is 0.210. The van der Waals surface area contributed by atoms with E-state index < -0.39 is 0 Å². The van der Waals surface area contributed by atoms with Gasteiger partial charge in [0.25, 0.3) is 0 Å². The van der Waals surface area contributed by atoms with Crippen molar-refractivity contribution in [2.45, 2.75) is 25.7 Å². The Morgan fingerprint density at radius 1 is 0.250 bits per heavy atom. The summed E-state index contributed by atoms with van der Waals surface area (Å²) in [6, 6.07) is 57.1. The van der Waals surface area contributed by atoms with Gasteiger partial charge in [0.2, 0.25) is 11.8 Å². The van der Waals surface area contributed by atoms with Crippen molar-refractivity contribution >= 4 is 21.8 Å². The maximum atomic E-state index is 6.03. The second-order valence-electron chi connectivity index (χ2n) is 18.0. The number of benzene rings is 5. The van der Waals surface area contributed by atoms with Crippen LogP contribution in [0.4, 0.5) is 0 Å². The molecule has 19 rings (SSSR count). The van der Waals surface area contributed by atoms with Gasteiger partial charge in [0.05, 0.1) is 47.0 Å². The van der Waals surface area contributed by atoms with Gasteiger partial charge >= 0.3 is 0 Å². The molecule has 380 valence electrons. The fourth-order valence-electron chi connectivity index (χ4n) is 8.66. The number of hydrogen-bond acceptors (Lipinski definition) is 13. The van der Waals surface area contributed by atoms with E-state index >= 15 is 0 Å². The van der Waals surface area contributed by atoms with Gasteiger partial charge in [-0.05, 0) is 159 Å². The monoisotopic (exact) mass is 1010 g/mol. The lowest BCUT2D eigenvalue weighted by atomic mass is 10.1. The minimum Gasteiger partial charge on any atom is -0.494 e. The Balaban J connectivity index is 0.720. The molecule has 5 aromatic heterocycles. The van der Waals surface area contributed by atoms with Gasteiger partial charge in [0.15, 0.2) is 0 Å². The predicted octanol–water partition coefficient (Wildman–Crippen LogP) is 13.3. The summed E-state index contributed by atoms with van der Waals surface area (Å²) in [5, 5.41) is 2.04. The second-order valence-corrected chi connectivity index (χ2v) is 18.0. The Morgan fingerprint density at radius 3 is 0.961 bits per heavy atom. The number of hydrogen-bond donors (Lipinski definition) is 0. The van der Waals surface area contributed by atoms with Crippen LogP contribution < -0.4 is 37.9 Å². The lowest BCUT2D eigenvalue weighted by Gasteiger charge is -2.11. The zero-order chi connectivity index (χ0) is 51.1. The molecule has 0 saturated heterocycles. The molecule has 0 amide bonds. The van der Waals surface area contributed by atoms with E-state index in [-0.39, 0.29) is 0 Å². The molecule has 13 heteroatoms. The molecule has 0 N–H and O–H groups in total. The Labute approximate surface area is 441 Å². The topological polar surface area (TPSA) is 138 Å². The van der Waals surface area contributed by atoms with E-state index in [1.165, 1.54) is 0 Å². The van der Waals surface area contributed by atoms with Crippen LogP contribution in [-0.4, -0.2) is 77.8 Å². The number of fused-ring (bicyclic) bond motifs is 2. The fraction of sp³-hybridized carbons (Fsp3) is 0.190. The third kappa shape index (κ3) is 12.7. The van der Waals surface area contributed by atoms with E-state index in [4.69, 9.17) is 52.8 Å². The molecule has 10 aromatic rings. The van der Waals surface area contributed by atoms with Crippen LogP contribution in [0, 0.1) is 0 Å². The molecule has 13 nitrogen and oxygen atoms in total. The predicted molar refractivity (Wildman–Crippen MR) is 294 cm³/mol. The zero-order valence-corrected chi connectivity index (χ0v) is 41.9. The first kappa shape index (κ1) is 49.0. The Hall–Kier alpha value is -9.23. The summed E-state index contributed by atoms with van der Waals surface area (Å²) >= 11 is 0. The minimum atomic E-state index is 0.326. The third-order valence-corrected chi connectivity index (χ3v) is 12.7. The molecule has 9 aliphatic rings. The summed E-state index contributed by atoms with van der Waals surface area (Å²) in [6.45, 7) is 3.46. The summed E-state index contributed by atoms with van der Waals surface area (Å²) in [5.74, 6) is 5.58. The third-order valence-electron chi connectivity index (χ3n) is 12.7. The van der Waals surface area contributed by atoms with Crippen LogP contribution in [0.1, 0.15) is 25.7 Å². The molecule has 9 aliphatic heterocycles. The van der Waals surface area contributed by atoms with E-state index in [1.807, 2.05) is 152 Å². The van der Waals surface area contributed by atoms with Gasteiger partial charge in [0.1, 0.15) is 74.1 Å². The molecule has 0 unspecified atom stereocenters. The van der Waals surface area contributed by atoms with Crippen molar-refractivity contribution in [2.75, 3.05) is 52.9 Å². The molecule has 14 heterocycles. The van der Waals surface area contributed by atoms with Crippen LogP contribution in [0.3, 0.4) is 0 Å². The molecular formula is C63H55N5O8. The number of rotatable bonds is 0. The van der Waals surface area contributed by atoms with Crippen molar-refractivity contribution in [1.82, 2.24) is 24.9 Å². The second kappa shape index (κ2) is 24.2. The molecule has 0 fully saturated rings. The molecule has 0 atom stereocenters. The first-order valence-corrected chi connectivity index (χ1v) is 25.7. The summed E-state index contributed by atoms with van der Waals surface area (Å²) in [5.41, 5.74) is 8.71. The van der Waals surface area contributed by atoms with Crippen molar-refractivity contribution in [3.8, 4) is 91.3 Å². The van der Waals surface area contributed by atoms with Gasteiger partial charge < -0.3 is 37.9 Å². The first-order chi connectivity index (χ1) is 37.6. The van der Waals surface area contributed by atoms with Crippen LogP contribution in [0.15, 0.2) is 188 Å². The zero-order valence-electron chi connectivity index (χ0n) is 41.9. The fourth-order valence-corrected chi connectivity index (χ4v) is 8.66. The van der Waals surface area contributed by atoms with Crippen LogP contribution in [0.2, 0.25) is 0 Å². The van der Waals surface area contributed by atoms with Crippen molar-refractivity contribution in [2.24, 2.45) is 0 Å². The van der Waals surface area contributed by atoms with Crippen LogP contribution in [-0.2, 0) is 0 Å². The van der Waals surface area contributed by atoms with Crippen LogP contribution in [0.25, 0.3) is 66.8 Å². The number of nitrogens with zero attached hydrogens (tertiary/aromatic N) is 5. The molecule has 76 heavy (non-hydrogen) atoms. The lowest BCUT2D eigenvalue weighted by Crippen LogP contribution is -2.10. The Morgan fingerprint density at radius 2 is 0.566 bits per heavy atom. The summed E-state index contributed by atoms with van der Waals surface area (Å²) in [6.07, 6.45) is 7.50. The Bertz CT molecular complexity index is 3470. The van der Waals surface area contributed by atoms with E-state index in [2.05, 4.69) is 34.2 Å². The van der Waals surface area contributed by atoms with E-state index in [0.29, 0.717) is 76.1 Å². The first-order valence-electron chi connectivity index (χ1n) is 25.7. The largest absolute Gasteiger partial charge is 0.494 e. The Kier molecular flexibility index (Phi) is 15.6. The maximum absolute atomic E-state index is 6.03. The van der Waals surface area contributed by atoms with Crippen molar-refractivity contribution in [3.63, 3.8) is 0 Å². The highest BCUT2D eigenvalue weighted by Crippen LogP contribution is 2.31. The molecule has 0 saturated carbocycles.